The summed E-state index contributed by atoms with van der Waals surface area (Å²) in [7, 11) is 0. The molecule has 0 atom stereocenters. The van der Waals surface area contributed by atoms with Crippen LogP contribution in [0.4, 0.5) is 0 Å². The number of ketones is 1. The van der Waals surface area contributed by atoms with Crippen molar-refractivity contribution >= 4 is 28.9 Å². The zero-order valence-corrected chi connectivity index (χ0v) is 13.0. The number of rotatable bonds is 5. The molecule has 3 rings (SSSR count). The van der Waals surface area contributed by atoms with E-state index in [2.05, 4.69) is 10.2 Å². The molecule has 0 radical (unpaired) electrons. The first-order valence-corrected chi connectivity index (χ1v) is 8.29. The molecular formula is C15H13N3OS2. The van der Waals surface area contributed by atoms with Crippen molar-refractivity contribution in [1.82, 2.24) is 14.8 Å². The summed E-state index contributed by atoms with van der Waals surface area (Å²) in [5.74, 6) is 1.33. The van der Waals surface area contributed by atoms with E-state index in [1.807, 2.05) is 52.4 Å². The lowest BCUT2D eigenvalue weighted by Gasteiger charge is -2.08. The van der Waals surface area contributed by atoms with Crippen molar-refractivity contribution in [2.24, 2.45) is 0 Å². The lowest BCUT2D eigenvalue weighted by atomic mass is 10.3. The maximum Gasteiger partial charge on any atom is 0.196 e. The van der Waals surface area contributed by atoms with E-state index in [0.717, 1.165) is 21.5 Å². The molecule has 0 aliphatic rings. The minimum Gasteiger partial charge on any atom is -0.299 e. The Hall–Kier alpha value is -1.92. The highest BCUT2D eigenvalue weighted by Crippen LogP contribution is 2.30. The van der Waals surface area contributed by atoms with Gasteiger partial charge in [-0.1, -0.05) is 36.0 Å². The van der Waals surface area contributed by atoms with Crippen LogP contribution in [0, 0.1) is 0 Å². The number of para-hydroxylation sites is 1. The third-order valence-electron chi connectivity index (χ3n) is 2.79. The zero-order valence-electron chi connectivity index (χ0n) is 11.4. The molecule has 0 fully saturated rings. The number of carbonyl (C=O) groups is 1. The molecule has 0 unspecified atom stereocenters. The van der Waals surface area contributed by atoms with Crippen molar-refractivity contribution in [3.63, 3.8) is 0 Å². The van der Waals surface area contributed by atoms with E-state index >= 15 is 0 Å². The number of benzene rings is 1. The van der Waals surface area contributed by atoms with E-state index in [1.165, 1.54) is 11.8 Å². The highest BCUT2D eigenvalue weighted by atomic mass is 32.2. The third kappa shape index (κ3) is 3.06. The van der Waals surface area contributed by atoms with Crippen molar-refractivity contribution in [2.75, 3.05) is 5.75 Å². The van der Waals surface area contributed by atoms with Crippen molar-refractivity contribution in [1.29, 1.82) is 0 Å². The first-order chi connectivity index (χ1) is 10.3. The van der Waals surface area contributed by atoms with E-state index in [4.69, 9.17) is 0 Å². The Balaban J connectivity index is 2.08. The van der Waals surface area contributed by atoms with Gasteiger partial charge in [0.2, 0.25) is 0 Å². The molecule has 0 N–H and O–H groups in total. The molecule has 2 heterocycles. The molecule has 0 amide bonds. The third-order valence-corrected chi connectivity index (χ3v) is 4.73. The van der Waals surface area contributed by atoms with Crippen molar-refractivity contribution in [3.05, 3.63) is 47.8 Å². The lowest BCUT2D eigenvalue weighted by molar-refractivity contribution is -0.114. The molecule has 0 saturated heterocycles. The Morgan fingerprint density at radius 2 is 2.00 bits per heavy atom. The van der Waals surface area contributed by atoms with Crippen molar-refractivity contribution < 1.29 is 4.79 Å². The van der Waals surface area contributed by atoms with E-state index in [0.29, 0.717) is 5.75 Å². The van der Waals surface area contributed by atoms with Crippen LogP contribution in [0.3, 0.4) is 0 Å². The molecule has 0 bridgehead atoms. The van der Waals surface area contributed by atoms with Crippen molar-refractivity contribution in [3.8, 4) is 16.4 Å². The first kappa shape index (κ1) is 14.0. The van der Waals surface area contributed by atoms with Gasteiger partial charge < -0.3 is 0 Å². The maximum atomic E-state index is 11.2. The van der Waals surface area contributed by atoms with Crippen LogP contribution in [0.25, 0.3) is 16.4 Å². The second-order valence-electron chi connectivity index (χ2n) is 4.45. The van der Waals surface area contributed by atoms with Gasteiger partial charge in [0.15, 0.2) is 11.0 Å². The molecule has 3 aromatic rings. The Labute approximate surface area is 130 Å². The Kier molecular flexibility index (Phi) is 4.17. The highest BCUT2D eigenvalue weighted by Gasteiger charge is 2.16. The van der Waals surface area contributed by atoms with Gasteiger partial charge in [0.1, 0.15) is 5.78 Å². The summed E-state index contributed by atoms with van der Waals surface area (Å²) in [5, 5.41) is 11.3. The number of hydrogen-bond donors (Lipinski definition) is 0. The minimum atomic E-state index is 0.125. The molecule has 106 valence electrons. The summed E-state index contributed by atoms with van der Waals surface area (Å²) in [5.41, 5.74) is 0.997. The fourth-order valence-electron chi connectivity index (χ4n) is 1.90. The smallest absolute Gasteiger partial charge is 0.196 e. The minimum absolute atomic E-state index is 0.125. The molecule has 0 spiro atoms. The van der Waals surface area contributed by atoms with Crippen LogP contribution in [0.1, 0.15) is 6.92 Å². The van der Waals surface area contributed by atoms with Gasteiger partial charge in [0.05, 0.1) is 10.6 Å². The Morgan fingerprint density at radius 3 is 2.67 bits per heavy atom. The normalized spacial score (nSPS) is 10.7. The second-order valence-corrected chi connectivity index (χ2v) is 6.34. The Morgan fingerprint density at radius 1 is 1.19 bits per heavy atom. The number of carbonyl (C=O) groups excluding carboxylic acids is 1. The lowest BCUT2D eigenvalue weighted by Crippen LogP contribution is -2.01. The van der Waals surface area contributed by atoms with Gasteiger partial charge in [-0.25, -0.2) is 0 Å². The predicted molar refractivity (Wildman–Crippen MR) is 86.1 cm³/mol. The van der Waals surface area contributed by atoms with E-state index in [9.17, 15) is 4.79 Å². The van der Waals surface area contributed by atoms with Gasteiger partial charge in [-0.15, -0.1) is 21.5 Å². The van der Waals surface area contributed by atoms with Crippen LogP contribution >= 0.6 is 23.1 Å². The largest absolute Gasteiger partial charge is 0.299 e. The second kappa shape index (κ2) is 6.24. The number of thiophene rings is 1. The summed E-state index contributed by atoms with van der Waals surface area (Å²) in [6.45, 7) is 1.58. The van der Waals surface area contributed by atoms with E-state index in [-0.39, 0.29) is 5.78 Å². The maximum absolute atomic E-state index is 11.2. The molecule has 0 saturated carbocycles. The van der Waals surface area contributed by atoms with E-state index in [1.54, 1.807) is 18.3 Å². The average molecular weight is 315 g/mol. The monoisotopic (exact) mass is 315 g/mol. The summed E-state index contributed by atoms with van der Waals surface area (Å²) in [4.78, 5) is 12.3. The number of nitrogens with zero attached hydrogens (tertiary/aromatic N) is 3. The fourth-order valence-corrected chi connectivity index (χ4v) is 3.36. The molecule has 4 nitrogen and oxygen atoms in total. The van der Waals surface area contributed by atoms with Gasteiger partial charge in [-0.2, -0.15) is 0 Å². The number of hydrogen-bond acceptors (Lipinski definition) is 5. The van der Waals surface area contributed by atoms with Crippen LogP contribution in [-0.2, 0) is 4.79 Å². The summed E-state index contributed by atoms with van der Waals surface area (Å²) >= 11 is 3.04. The van der Waals surface area contributed by atoms with Crippen LogP contribution < -0.4 is 0 Å². The van der Waals surface area contributed by atoms with Gasteiger partial charge in [-0.3, -0.25) is 9.36 Å². The van der Waals surface area contributed by atoms with Gasteiger partial charge in [-0.05, 0) is 30.5 Å². The molecule has 1 aromatic carbocycles. The summed E-state index contributed by atoms with van der Waals surface area (Å²) in [6.07, 6.45) is 0. The van der Waals surface area contributed by atoms with Crippen LogP contribution in [0.15, 0.2) is 53.0 Å². The average Bonchev–Trinajstić information content (AvgIpc) is 3.15. The van der Waals surface area contributed by atoms with Gasteiger partial charge in [0.25, 0.3) is 0 Å². The molecule has 0 aliphatic heterocycles. The van der Waals surface area contributed by atoms with Gasteiger partial charge >= 0.3 is 0 Å². The zero-order chi connectivity index (χ0) is 14.7. The summed E-state index contributed by atoms with van der Waals surface area (Å²) in [6, 6.07) is 14.0. The van der Waals surface area contributed by atoms with Crippen molar-refractivity contribution in [2.45, 2.75) is 12.1 Å². The molecule has 0 aliphatic carbocycles. The van der Waals surface area contributed by atoms with Crippen LogP contribution in [-0.4, -0.2) is 26.3 Å². The molecule has 2 aromatic heterocycles. The topological polar surface area (TPSA) is 47.8 Å². The molecule has 21 heavy (non-hydrogen) atoms. The molecular weight excluding hydrogens is 302 g/mol. The van der Waals surface area contributed by atoms with Crippen LogP contribution in [0.2, 0.25) is 0 Å². The first-order valence-electron chi connectivity index (χ1n) is 6.42. The number of aromatic nitrogens is 3. The summed E-state index contributed by atoms with van der Waals surface area (Å²) < 4.78 is 2.00. The van der Waals surface area contributed by atoms with E-state index < -0.39 is 0 Å². The van der Waals surface area contributed by atoms with Crippen LogP contribution in [0.5, 0.6) is 0 Å². The number of Topliss-reactive ketones (excluding diaryl/α,β-unsaturated/α-hetero) is 1. The Bertz CT molecular complexity index is 736. The quantitative estimate of drug-likeness (QED) is 0.674. The number of thioether (sulfide) groups is 1. The standard InChI is InChI=1S/C15H13N3OS2/c1-11(19)10-21-15-17-16-14(13-8-5-9-20-13)18(15)12-6-3-2-4-7-12/h2-9H,10H2,1H3. The molecule has 6 heteroatoms. The fraction of sp³-hybridized carbons (Fsp3) is 0.133. The highest BCUT2D eigenvalue weighted by molar-refractivity contribution is 7.99. The van der Waals surface area contributed by atoms with Gasteiger partial charge in [0, 0.05) is 5.69 Å². The predicted octanol–water partition coefficient (Wildman–Crippen LogP) is 3.68. The SMILES string of the molecule is CC(=O)CSc1nnc(-c2cccs2)n1-c1ccccc1.